The van der Waals surface area contributed by atoms with Crippen molar-refractivity contribution in [1.82, 2.24) is 5.43 Å². The second-order valence-electron chi connectivity index (χ2n) is 2.12. The summed E-state index contributed by atoms with van der Waals surface area (Å²) in [5.74, 6) is 5.03. The minimum Gasteiger partial charge on any atom is -0.299 e. The number of nitrogens with zero attached hydrogens (tertiary/aromatic N) is 1. The van der Waals surface area contributed by atoms with Crippen molar-refractivity contribution in [2.24, 2.45) is 10.8 Å². The summed E-state index contributed by atoms with van der Waals surface area (Å²) < 4.78 is 0. The fourth-order valence-corrected chi connectivity index (χ4v) is 0.762. The molecule has 0 aromatic heterocycles. The number of thiocarbonyl (C=S) groups is 1. The van der Waals surface area contributed by atoms with Gasteiger partial charge >= 0.3 is 0 Å². The summed E-state index contributed by atoms with van der Waals surface area (Å²) in [5, 5.41) is 0.277. The Morgan fingerprint density at radius 3 is 2.67 bits per heavy atom. The fourth-order valence-electron chi connectivity index (χ4n) is 0.710. The molecule has 0 radical (unpaired) electrons. The minimum atomic E-state index is 0.277. The molecular weight excluding hydrogens is 170 g/mol. The SMILES string of the molecule is NNC(=S)/N=C/c1ccccc1. The van der Waals surface area contributed by atoms with Gasteiger partial charge in [0, 0.05) is 6.21 Å². The third kappa shape index (κ3) is 2.77. The van der Waals surface area contributed by atoms with Crippen LogP contribution in [-0.4, -0.2) is 11.3 Å². The highest BCUT2D eigenvalue weighted by Crippen LogP contribution is 1.93. The number of hydrogen-bond donors (Lipinski definition) is 2. The molecule has 0 aliphatic carbocycles. The van der Waals surface area contributed by atoms with Gasteiger partial charge < -0.3 is 0 Å². The van der Waals surface area contributed by atoms with E-state index in [0.717, 1.165) is 5.56 Å². The van der Waals surface area contributed by atoms with Crippen molar-refractivity contribution in [3.63, 3.8) is 0 Å². The van der Waals surface area contributed by atoms with Gasteiger partial charge in [0.2, 0.25) is 5.11 Å². The fraction of sp³-hybridized carbons (Fsp3) is 0. The van der Waals surface area contributed by atoms with Crippen LogP contribution >= 0.6 is 12.2 Å². The molecule has 0 bridgehead atoms. The van der Waals surface area contributed by atoms with E-state index < -0.39 is 0 Å². The van der Waals surface area contributed by atoms with E-state index in [2.05, 4.69) is 10.4 Å². The summed E-state index contributed by atoms with van der Waals surface area (Å²) in [4.78, 5) is 3.88. The standard InChI is InChI=1S/C8H9N3S/c9-11-8(12)10-6-7-4-2-1-3-5-7/h1-6H,9H2,(H,11,12)/b10-6+. The van der Waals surface area contributed by atoms with Crippen molar-refractivity contribution in [3.8, 4) is 0 Å². The Bertz CT molecular complexity index is 282. The number of hydrazine groups is 1. The molecule has 3 N–H and O–H groups in total. The first-order chi connectivity index (χ1) is 5.83. The van der Waals surface area contributed by atoms with Crippen molar-refractivity contribution in [2.45, 2.75) is 0 Å². The molecule has 0 aliphatic heterocycles. The third-order valence-corrected chi connectivity index (χ3v) is 1.48. The quantitative estimate of drug-likeness (QED) is 0.291. The Morgan fingerprint density at radius 1 is 1.42 bits per heavy atom. The summed E-state index contributed by atoms with van der Waals surface area (Å²) >= 11 is 4.72. The molecule has 0 saturated carbocycles. The molecule has 0 fully saturated rings. The van der Waals surface area contributed by atoms with Crippen LogP contribution in [0.15, 0.2) is 35.3 Å². The molecule has 62 valence electrons. The number of nitrogens with two attached hydrogens (primary N) is 1. The van der Waals surface area contributed by atoms with Crippen molar-refractivity contribution in [3.05, 3.63) is 35.9 Å². The van der Waals surface area contributed by atoms with Gasteiger partial charge in [0.05, 0.1) is 0 Å². The smallest absolute Gasteiger partial charge is 0.207 e. The van der Waals surface area contributed by atoms with Crippen LogP contribution in [0, 0.1) is 0 Å². The van der Waals surface area contributed by atoms with Crippen molar-refractivity contribution in [1.29, 1.82) is 0 Å². The first-order valence-corrected chi connectivity index (χ1v) is 3.83. The molecule has 0 heterocycles. The second kappa shape index (κ2) is 4.58. The molecular formula is C8H9N3S. The van der Waals surface area contributed by atoms with E-state index in [4.69, 9.17) is 18.1 Å². The molecule has 0 atom stereocenters. The van der Waals surface area contributed by atoms with Gasteiger partial charge in [-0.2, -0.15) is 0 Å². The number of hydrogen-bond acceptors (Lipinski definition) is 2. The molecule has 0 saturated heterocycles. The lowest BCUT2D eigenvalue weighted by Gasteiger charge is -1.93. The van der Waals surface area contributed by atoms with Gasteiger partial charge in [-0.1, -0.05) is 30.3 Å². The lowest BCUT2D eigenvalue weighted by atomic mass is 10.2. The first kappa shape index (κ1) is 8.83. The Morgan fingerprint density at radius 2 is 2.08 bits per heavy atom. The third-order valence-electron chi connectivity index (χ3n) is 1.25. The summed E-state index contributed by atoms with van der Waals surface area (Å²) in [6, 6.07) is 9.67. The Labute approximate surface area is 76.3 Å². The zero-order valence-corrected chi connectivity index (χ0v) is 7.21. The molecule has 3 nitrogen and oxygen atoms in total. The Hall–Kier alpha value is -1.26. The van der Waals surface area contributed by atoms with Gasteiger partial charge in [0.15, 0.2) is 0 Å². The summed E-state index contributed by atoms with van der Waals surface area (Å²) in [6.45, 7) is 0. The molecule has 0 unspecified atom stereocenters. The largest absolute Gasteiger partial charge is 0.299 e. The maximum atomic E-state index is 5.03. The van der Waals surface area contributed by atoms with E-state index >= 15 is 0 Å². The molecule has 1 aromatic rings. The molecule has 0 spiro atoms. The summed E-state index contributed by atoms with van der Waals surface area (Å²) in [6.07, 6.45) is 1.65. The summed E-state index contributed by atoms with van der Waals surface area (Å²) in [7, 11) is 0. The highest BCUT2D eigenvalue weighted by atomic mass is 32.1. The van der Waals surface area contributed by atoms with E-state index in [1.807, 2.05) is 30.3 Å². The minimum absolute atomic E-state index is 0.277. The van der Waals surface area contributed by atoms with Crippen LogP contribution in [0.3, 0.4) is 0 Å². The van der Waals surface area contributed by atoms with E-state index in [1.165, 1.54) is 0 Å². The average Bonchev–Trinajstić information content (AvgIpc) is 2.16. The second-order valence-corrected chi connectivity index (χ2v) is 2.51. The monoisotopic (exact) mass is 179 g/mol. The maximum Gasteiger partial charge on any atom is 0.207 e. The van der Waals surface area contributed by atoms with Crippen molar-refractivity contribution >= 4 is 23.5 Å². The van der Waals surface area contributed by atoms with Gasteiger partial charge in [-0.3, -0.25) is 5.43 Å². The zero-order valence-electron chi connectivity index (χ0n) is 6.40. The van der Waals surface area contributed by atoms with E-state index in [0.29, 0.717) is 0 Å². The van der Waals surface area contributed by atoms with Crippen LogP contribution in [0.1, 0.15) is 5.56 Å². The van der Waals surface area contributed by atoms with Gasteiger partial charge in [0.25, 0.3) is 0 Å². The lowest BCUT2D eigenvalue weighted by Crippen LogP contribution is -2.26. The average molecular weight is 179 g/mol. The van der Waals surface area contributed by atoms with Crippen LogP contribution in [0.4, 0.5) is 0 Å². The predicted octanol–water partition coefficient (Wildman–Crippen LogP) is 0.854. The normalized spacial score (nSPS) is 10.1. The van der Waals surface area contributed by atoms with Crippen LogP contribution in [0.25, 0.3) is 0 Å². The van der Waals surface area contributed by atoms with Crippen LogP contribution in [0.5, 0.6) is 0 Å². The highest BCUT2D eigenvalue weighted by molar-refractivity contribution is 7.80. The molecule has 1 aromatic carbocycles. The predicted molar refractivity (Wildman–Crippen MR) is 54.0 cm³/mol. The number of nitrogens with one attached hydrogen (secondary N) is 1. The molecule has 1 rings (SSSR count). The number of rotatable bonds is 1. The van der Waals surface area contributed by atoms with E-state index in [-0.39, 0.29) is 5.11 Å². The van der Waals surface area contributed by atoms with Crippen molar-refractivity contribution in [2.75, 3.05) is 0 Å². The summed E-state index contributed by atoms with van der Waals surface area (Å²) in [5.41, 5.74) is 3.26. The van der Waals surface area contributed by atoms with Crippen molar-refractivity contribution < 1.29 is 0 Å². The van der Waals surface area contributed by atoms with Gasteiger partial charge in [-0.15, -0.1) is 0 Å². The lowest BCUT2D eigenvalue weighted by molar-refractivity contribution is 1.04. The van der Waals surface area contributed by atoms with Gasteiger partial charge in [-0.25, -0.2) is 10.8 Å². The molecule has 0 amide bonds. The number of benzene rings is 1. The van der Waals surface area contributed by atoms with E-state index in [9.17, 15) is 0 Å². The Kier molecular flexibility index (Phi) is 3.37. The molecule has 12 heavy (non-hydrogen) atoms. The van der Waals surface area contributed by atoms with Crippen LogP contribution in [-0.2, 0) is 0 Å². The van der Waals surface area contributed by atoms with Gasteiger partial charge in [0.1, 0.15) is 0 Å². The van der Waals surface area contributed by atoms with Crippen LogP contribution < -0.4 is 11.3 Å². The zero-order chi connectivity index (χ0) is 8.81. The molecule has 0 aliphatic rings. The highest BCUT2D eigenvalue weighted by Gasteiger charge is 1.85. The number of aliphatic imine (C=N–C) groups is 1. The molecule has 4 heteroatoms. The van der Waals surface area contributed by atoms with E-state index in [1.54, 1.807) is 6.21 Å². The maximum absolute atomic E-state index is 5.03. The van der Waals surface area contributed by atoms with Gasteiger partial charge in [-0.05, 0) is 17.8 Å². The Balaban J connectivity index is 2.64. The van der Waals surface area contributed by atoms with Crippen LogP contribution in [0.2, 0.25) is 0 Å². The topological polar surface area (TPSA) is 50.4 Å². The first-order valence-electron chi connectivity index (χ1n) is 3.42.